The number of hydrogen-bond acceptors (Lipinski definition) is 4. The molecule has 1 saturated heterocycles. The van der Waals surface area contributed by atoms with E-state index in [9.17, 15) is 23.1 Å². The minimum atomic E-state index is -4.69. The molecule has 1 aliphatic rings. The number of urea groups is 1. The molecule has 2 N–H and O–H groups in total. The summed E-state index contributed by atoms with van der Waals surface area (Å²) in [4.78, 5) is 19.6. The number of carbonyl (C=O) groups excluding carboxylic acids is 1. The summed E-state index contributed by atoms with van der Waals surface area (Å²) in [6, 6.07) is 2.93. The van der Waals surface area contributed by atoms with Crippen molar-refractivity contribution in [3.05, 3.63) is 17.8 Å². The number of aryl methyl sites for hydroxylation is 1. The van der Waals surface area contributed by atoms with Gasteiger partial charge in [0.25, 0.3) is 0 Å². The van der Waals surface area contributed by atoms with Gasteiger partial charge in [-0.05, 0) is 19.1 Å². The van der Waals surface area contributed by atoms with Crippen LogP contribution < -0.4 is 10.2 Å². The van der Waals surface area contributed by atoms with Crippen molar-refractivity contribution >= 4 is 17.5 Å². The molecule has 2 heterocycles. The van der Waals surface area contributed by atoms with E-state index in [2.05, 4.69) is 10.3 Å². The first-order chi connectivity index (χ1) is 11.0. The number of alkyl halides is 3. The van der Waals surface area contributed by atoms with Gasteiger partial charge in [0.2, 0.25) is 0 Å². The van der Waals surface area contributed by atoms with Crippen LogP contribution in [-0.4, -0.2) is 60.0 Å². The molecular formula is C15H21F3N4O2. The average Bonchev–Trinajstić information content (AvgIpc) is 2.48. The van der Waals surface area contributed by atoms with E-state index < -0.39 is 30.7 Å². The maximum absolute atomic E-state index is 12.8. The number of aliphatic hydroxyl groups is 1. The van der Waals surface area contributed by atoms with Gasteiger partial charge in [-0.1, -0.05) is 0 Å². The SMILES string of the molecule is Cc1ccc(NC(=O)N2CCC(O)(C(F)(F)F)CC2)c(N(C)C)n1. The molecule has 24 heavy (non-hydrogen) atoms. The van der Waals surface area contributed by atoms with Gasteiger partial charge in [0, 0.05) is 45.7 Å². The highest BCUT2D eigenvalue weighted by Crippen LogP contribution is 2.38. The number of nitrogens with zero attached hydrogens (tertiary/aromatic N) is 3. The summed E-state index contributed by atoms with van der Waals surface area (Å²) < 4.78 is 38.4. The fourth-order valence-electron chi connectivity index (χ4n) is 2.54. The number of hydrogen-bond donors (Lipinski definition) is 2. The van der Waals surface area contributed by atoms with E-state index >= 15 is 0 Å². The molecule has 6 nitrogen and oxygen atoms in total. The Morgan fingerprint density at radius 2 is 1.92 bits per heavy atom. The van der Waals surface area contributed by atoms with Crippen molar-refractivity contribution in [2.45, 2.75) is 31.5 Å². The average molecular weight is 346 g/mol. The molecule has 9 heteroatoms. The van der Waals surface area contributed by atoms with Crippen LogP contribution in [0.3, 0.4) is 0 Å². The molecule has 1 fully saturated rings. The lowest BCUT2D eigenvalue weighted by atomic mass is 9.91. The van der Waals surface area contributed by atoms with Gasteiger partial charge in [-0.2, -0.15) is 13.2 Å². The van der Waals surface area contributed by atoms with Crippen LogP contribution in [0.1, 0.15) is 18.5 Å². The van der Waals surface area contributed by atoms with Crippen molar-refractivity contribution in [2.24, 2.45) is 0 Å². The van der Waals surface area contributed by atoms with Crippen LogP contribution in [-0.2, 0) is 0 Å². The third-order valence-corrected chi connectivity index (χ3v) is 4.09. The summed E-state index contributed by atoms with van der Waals surface area (Å²) in [5.41, 5.74) is -1.46. The lowest BCUT2D eigenvalue weighted by Crippen LogP contribution is -2.55. The van der Waals surface area contributed by atoms with E-state index in [0.29, 0.717) is 11.5 Å². The van der Waals surface area contributed by atoms with Crippen LogP contribution in [0.15, 0.2) is 12.1 Å². The summed E-state index contributed by atoms with van der Waals surface area (Å²) in [6.45, 7) is 1.48. The van der Waals surface area contributed by atoms with Gasteiger partial charge in [0.05, 0.1) is 5.69 Å². The summed E-state index contributed by atoms with van der Waals surface area (Å²) in [5.74, 6) is 0.562. The Morgan fingerprint density at radius 1 is 1.33 bits per heavy atom. The van der Waals surface area contributed by atoms with Crippen LogP contribution in [0.4, 0.5) is 29.5 Å². The van der Waals surface area contributed by atoms with Crippen LogP contribution in [0.25, 0.3) is 0 Å². The van der Waals surface area contributed by atoms with Crippen molar-refractivity contribution in [1.82, 2.24) is 9.88 Å². The normalized spacial score (nSPS) is 17.5. The molecule has 0 bridgehead atoms. The van der Waals surface area contributed by atoms with Crippen molar-refractivity contribution in [3.63, 3.8) is 0 Å². The topological polar surface area (TPSA) is 68.7 Å². The molecule has 1 aliphatic heterocycles. The maximum atomic E-state index is 12.8. The monoisotopic (exact) mass is 346 g/mol. The van der Waals surface area contributed by atoms with E-state index in [1.807, 2.05) is 6.92 Å². The number of likely N-dealkylation sites (tertiary alicyclic amines) is 1. The van der Waals surface area contributed by atoms with Crippen molar-refractivity contribution in [1.29, 1.82) is 0 Å². The highest BCUT2D eigenvalue weighted by molar-refractivity contribution is 5.92. The number of halogens is 3. The minimum Gasteiger partial charge on any atom is -0.380 e. The van der Waals surface area contributed by atoms with Crippen LogP contribution in [0.2, 0.25) is 0 Å². The third kappa shape index (κ3) is 3.72. The Hall–Kier alpha value is -2.03. The first kappa shape index (κ1) is 18.3. The Balaban J connectivity index is 2.05. The Labute approximate surface area is 138 Å². The quantitative estimate of drug-likeness (QED) is 0.863. The molecule has 0 atom stereocenters. The number of rotatable bonds is 2. The van der Waals surface area contributed by atoms with Crippen LogP contribution in [0, 0.1) is 6.92 Å². The maximum Gasteiger partial charge on any atom is 0.417 e. The molecule has 0 saturated carbocycles. The van der Waals surface area contributed by atoms with Gasteiger partial charge < -0.3 is 20.2 Å². The molecule has 0 unspecified atom stereocenters. The first-order valence-electron chi connectivity index (χ1n) is 7.53. The number of pyridine rings is 1. The first-order valence-corrected chi connectivity index (χ1v) is 7.53. The molecule has 134 valence electrons. The van der Waals surface area contributed by atoms with E-state index in [4.69, 9.17) is 0 Å². The number of amides is 2. The smallest absolute Gasteiger partial charge is 0.380 e. The predicted octanol–water partition coefficient (Wildman–Crippen LogP) is 2.38. The van der Waals surface area contributed by atoms with E-state index in [0.717, 1.165) is 5.69 Å². The standard InChI is InChI=1S/C15H21F3N4O2/c1-10-4-5-11(12(19-10)21(2)3)20-13(23)22-8-6-14(24,7-9-22)15(16,17)18/h4-5,24H,6-9H2,1-3H3,(H,20,23). The van der Waals surface area contributed by atoms with E-state index in [-0.39, 0.29) is 13.1 Å². The Bertz CT molecular complexity index is 611. The molecule has 1 aromatic rings. The lowest BCUT2D eigenvalue weighted by molar-refractivity contribution is -0.271. The molecule has 2 rings (SSSR count). The molecular weight excluding hydrogens is 325 g/mol. The van der Waals surface area contributed by atoms with Gasteiger partial charge in [-0.25, -0.2) is 9.78 Å². The zero-order valence-corrected chi connectivity index (χ0v) is 13.8. The molecule has 1 aromatic heterocycles. The molecule has 0 radical (unpaired) electrons. The predicted molar refractivity (Wildman–Crippen MR) is 84.1 cm³/mol. The van der Waals surface area contributed by atoms with Crippen molar-refractivity contribution < 1.29 is 23.1 Å². The second-order valence-electron chi connectivity index (χ2n) is 6.16. The second-order valence-corrected chi connectivity index (χ2v) is 6.16. The molecule has 0 spiro atoms. The Kier molecular flexibility index (Phi) is 4.93. The number of carbonyl (C=O) groups is 1. The zero-order valence-electron chi connectivity index (χ0n) is 13.8. The largest absolute Gasteiger partial charge is 0.417 e. The summed E-state index contributed by atoms with van der Waals surface area (Å²) in [7, 11) is 3.56. The minimum absolute atomic E-state index is 0.168. The summed E-state index contributed by atoms with van der Waals surface area (Å²) in [5, 5.41) is 12.3. The number of anilines is 2. The van der Waals surface area contributed by atoms with Gasteiger partial charge in [-0.15, -0.1) is 0 Å². The van der Waals surface area contributed by atoms with Gasteiger partial charge in [-0.3, -0.25) is 0 Å². The Morgan fingerprint density at radius 3 is 2.42 bits per heavy atom. The van der Waals surface area contributed by atoms with Gasteiger partial charge in [0.1, 0.15) is 0 Å². The van der Waals surface area contributed by atoms with Gasteiger partial charge >= 0.3 is 12.2 Å². The van der Waals surface area contributed by atoms with E-state index in [1.54, 1.807) is 31.1 Å². The third-order valence-electron chi connectivity index (χ3n) is 4.09. The zero-order chi connectivity index (χ0) is 18.1. The molecule has 0 aliphatic carbocycles. The molecule has 0 aromatic carbocycles. The van der Waals surface area contributed by atoms with Crippen molar-refractivity contribution in [2.75, 3.05) is 37.4 Å². The number of nitrogens with one attached hydrogen (secondary N) is 1. The fourth-order valence-corrected chi connectivity index (χ4v) is 2.54. The van der Waals surface area contributed by atoms with Crippen molar-refractivity contribution in [3.8, 4) is 0 Å². The van der Waals surface area contributed by atoms with Crippen LogP contribution in [0.5, 0.6) is 0 Å². The fraction of sp³-hybridized carbons (Fsp3) is 0.600. The number of piperidine rings is 1. The highest BCUT2D eigenvalue weighted by atomic mass is 19.4. The summed E-state index contributed by atoms with van der Waals surface area (Å²) in [6.07, 6.45) is -5.75. The second kappa shape index (κ2) is 6.46. The highest BCUT2D eigenvalue weighted by Gasteiger charge is 2.54. The van der Waals surface area contributed by atoms with E-state index in [1.165, 1.54) is 4.90 Å². The van der Waals surface area contributed by atoms with Crippen LogP contribution >= 0.6 is 0 Å². The van der Waals surface area contributed by atoms with Gasteiger partial charge in [0.15, 0.2) is 11.4 Å². The summed E-state index contributed by atoms with van der Waals surface area (Å²) >= 11 is 0. The number of aromatic nitrogens is 1. The lowest BCUT2D eigenvalue weighted by Gasteiger charge is -2.39. The molecule has 2 amide bonds.